The highest BCUT2D eigenvalue weighted by atomic mass is 127. The number of hydrogen-bond donors (Lipinski definition) is 2. The van der Waals surface area contributed by atoms with Crippen LogP contribution in [-0.2, 0) is 6.54 Å². The molecule has 146 valence electrons. The fourth-order valence-corrected chi connectivity index (χ4v) is 2.80. The van der Waals surface area contributed by atoms with E-state index in [1.165, 1.54) is 0 Å². The van der Waals surface area contributed by atoms with Gasteiger partial charge in [0.1, 0.15) is 17.5 Å². The van der Waals surface area contributed by atoms with E-state index in [1.807, 2.05) is 12.1 Å². The summed E-state index contributed by atoms with van der Waals surface area (Å²) < 4.78 is 26.9. The standard InChI is InChI=1S/C18H22F2N6.HI/c1-25-7-9-26(10-8-25)17-13(3-2-6-22-17)12-23-18(21)24-16-11-14(19)4-5-15(16)20;/h2-6,11H,7-10,12H2,1H3,(H3,21,23,24);1H. The lowest BCUT2D eigenvalue weighted by molar-refractivity contribution is 0.312. The molecule has 9 heteroatoms. The van der Waals surface area contributed by atoms with Crippen LogP contribution in [-0.4, -0.2) is 49.1 Å². The van der Waals surface area contributed by atoms with E-state index in [2.05, 4.69) is 32.1 Å². The average Bonchev–Trinajstić information content (AvgIpc) is 2.64. The van der Waals surface area contributed by atoms with Crippen LogP contribution in [0.5, 0.6) is 0 Å². The Morgan fingerprint density at radius 1 is 1.22 bits per heavy atom. The van der Waals surface area contributed by atoms with Gasteiger partial charge in [-0.05, 0) is 25.2 Å². The summed E-state index contributed by atoms with van der Waals surface area (Å²) >= 11 is 0. The highest BCUT2D eigenvalue weighted by Gasteiger charge is 2.17. The van der Waals surface area contributed by atoms with Crippen molar-refractivity contribution in [2.75, 3.05) is 43.4 Å². The number of pyridine rings is 1. The predicted molar refractivity (Wildman–Crippen MR) is 115 cm³/mol. The first-order valence-corrected chi connectivity index (χ1v) is 8.42. The molecule has 1 aliphatic rings. The fraction of sp³-hybridized carbons (Fsp3) is 0.333. The summed E-state index contributed by atoms with van der Waals surface area (Å²) in [4.78, 5) is 13.2. The van der Waals surface area contributed by atoms with E-state index in [0.29, 0.717) is 6.54 Å². The van der Waals surface area contributed by atoms with Gasteiger partial charge in [0.2, 0.25) is 0 Å². The second-order valence-corrected chi connectivity index (χ2v) is 6.23. The van der Waals surface area contributed by atoms with Gasteiger partial charge in [-0.15, -0.1) is 24.0 Å². The quantitative estimate of drug-likeness (QED) is 0.394. The van der Waals surface area contributed by atoms with E-state index in [9.17, 15) is 8.78 Å². The topological polar surface area (TPSA) is 69.8 Å². The Balaban J connectivity index is 0.00000261. The lowest BCUT2D eigenvalue weighted by Gasteiger charge is -2.34. The molecule has 6 nitrogen and oxygen atoms in total. The highest BCUT2D eigenvalue weighted by molar-refractivity contribution is 14.0. The molecule has 1 aromatic heterocycles. The Hall–Kier alpha value is -2.01. The number of guanidine groups is 1. The molecule has 0 atom stereocenters. The average molecular weight is 488 g/mol. The molecular formula is C18H23F2IN6. The van der Waals surface area contributed by atoms with E-state index in [4.69, 9.17) is 5.73 Å². The molecule has 0 radical (unpaired) electrons. The minimum atomic E-state index is -0.593. The predicted octanol–water partition coefficient (Wildman–Crippen LogP) is 2.66. The van der Waals surface area contributed by atoms with Gasteiger partial charge >= 0.3 is 0 Å². The molecule has 2 aromatic rings. The van der Waals surface area contributed by atoms with Crippen LogP contribution in [0.2, 0.25) is 0 Å². The summed E-state index contributed by atoms with van der Waals surface area (Å²) in [6.45, 7) is 4.04. The van der Waals surface area contributed by atoms with Crippen molar-refractivity contribution in [2.24, 2.45) is 10.7 Å². The molecular weight excluding hydrogens is 465 g/mol. The molecule has 0 unspecified atom stereocenters. The van der Waals surface area contributed by atoms with Gasteiger partial charge in [0.15, 0.2) is 5.96 Å². The van der Waals surface area contributed by atoms with Gasteiger partial charge in [-0.3, -0.25) is 0 Å². The van der Waals surface area contributed by atoms with Gasteiger partial charge in [-0.1, -0.05) is 6.07 Å². The summed E-state index contributed by atoms with van der Waals surface area (Å²) in [6.07, 6.45) is 1.75. The number of benzene rings is 1. The number of hydrogen-bond acceptors (Lipinski definition) is 4. The Morgan fingerprint density at radius 3 is 2.70 bits per heavy atom. The largest absolute Gasteiger partial charge is 0.370 e. The first-order valence-electron chi connectivity index (χ1n) is 8.42. The van der Waals surface area contributed by atoms with Crippen molar-refractivity contribution < 1.29 is 8.78 Å². The van der Waals surface area contributed by atoms with Gasteiger partial charge in [-0.2, -0.15) is 0 Å². The van der Waals surface area contributed by atoms with Gasteiger partial charge in [0, 0.05) is 44.0 Å². The zero-order chi connectivity index (χ0) is 18.5. The summed E-state index contributed by atoms with van der Waals surface area (Å²) in [5.74, 6) is -0.243. The number of rotatable bonds is 4. The SMILES string of the molecule is CN1CCN(c2ncccc2CN=C(N)Nc2cc(F)ccc2F)CC1.I. The minimum Gasteiger partial charge on any atom is -0.370 e. The van der Waals surface area contributed by atoms with Crippen molar-refractivity contribution in [3.8, 4) is 0 Å². The molecule has 1 aliphatic heterocycles. The van der Waals surface area contributed by atoms with E-state index in [-0.39, 0.29) is 35.6 Å². The summed E-state index contributed by atoms with van der Waals surface area (Å²) in [6, 6.07) is 6.92. The van der Waals surface area contributed by atoms with Crippen LogP contribution >= 0.6 is 24.0 Å². The lowest BCUT2D eigenvalue weighted by Crippen LogP contribution is -2.45. The molecule has 3 rings (SSSR count). The fourth-order valence-electron chi connectivity index (χ4n) is 2.80. The van der Waals surface area contributed by atoms with Crippen molar-refractivity contribution in [2.45, 2.75) is 6.54 Å². The zero-order valence-electron chi connectivity index (χ0n) is 15.0. The van der Waals surface area contributed by atoms with Crippen molar-refractivity contribution in [1.82, 2.24) is 9.88 Å². The molecule has 27 heavy (non-hydrogen) atoms. The maximum absolute atomic E-state index is 13.7. The van der Waals surface area contributed by atoms with Crippen LogP contribution in [0.25, 0.3) is 0 Å². The molecule has 0 spiro atoms. The molecule has 0 saturated carbocycles. The van der Waals surface area contributed by atoms with Crippen LogP contribution in [0.4, 0.5) is 20.3 Å². The number of aliphatic imine (C=N–C) groups is 1. The highest BCUT2D eigenvalue weighted by Crippen LogP contribution is 2.20. The first-order chi connectivity index (χ1) is 12.5. The van der Waals surface area contributed by atoms with Crippen LogP contribution in [0.1, 0.15) is 5.56 Å². The van der Waals surface area contributed by atoms with Gasteiger partial charge < -0.3 is 20.9 Å². The third kappa shape index (κ3) is 5.73. The molecule has 0 aliphatic carbocycles. The second kappa shape index (κ2) is 9.79. The lowest BCUT2D eigenvalue weighted by atomic mass is 10.2. The van der Waals surface area contributed by atoms with Crippen molar-refractivity contribution in [3.05, 3.63) is 53.7 Å². The summed E-state index contributed by atoms with van der Waals surface area (Å²) in [7, 11) is 2.10. The molecule has 3 N–H and O–H groups in total. The number of aromatic nitrogens is 1. The molecule has 1 fully saturated rings. The summed E-state index contributed by atoms with van der Waals surface area (Å²) in [5.41, 5.74) is 6.72. The maximum Gasteiger partial charge on any atom is 0.193 e. The maximum atomic E-state index is 13.7. The second-order valence-electron chi connectivity index (χ2n) is 6.23. The third-order valence-electron chi connectivity index (χ3n) is 4.28. The van der Waals surface area contributed by atoms with E-state index < -0.39 is 11.6 Å². The van der Waals surface area contributed by atoms with Crippen LogP contribution in [0.15, 0.2) is 41.5 Å². The number of nitrogens with zero attached hydrogens (tertiary/aromatic N) is 4. The number of nitrogens with two attached hydrogens (primary N) is 1. The third-order valence-corrected chi connectivity index (χ3v) is 4.28. The zero-order valence-corrected chi connectivity index (χ0v) is 17.4. The first kappa shape index (κ1) is 21.3. The Labute approximate surface area is 174 Å². The van der Waals surface area contributed by atoms with E-state index in [0.717, 1.165) is 55.8 Å². The monoisotopic (exact) mass is 488 g/mol. The van der Waals surface area contributed by atoms with E-state index in [1.54, 1.807) is 6.20 Å². The molecule has 1 aromatic carbocycles. The number of likely N-dealkylation sites (N-methyl/N-ethyl adjacent to an activating group) is 1. The minimum absolute atomic E-state index is 0. The van der Waals surface area contributed by atoms with Gasteiger partial charge in [0.25, 0.3) is 0 Å². The molecule has 0 bridgehead atoms. The van der Waals surface area contributed by atoms with Crippen LogP contribution in [0.3, 0.4) is 0 Å². The number of halogens is 3. The van der Waals surface area contributed by atoms with Crippen LogP contribution < -0.4 is 16.0 Å². The Morgan fingerprint density at radius 2 is 1.96 bits per heavy atom. The Bertz CT molecular complexity index is 793. The number of anilines is 2. The van der Waals surface area contributed by atoms with Gasteiger partial charge in [-0.25, -0.2) is 18.8 Å². The number of piperazine rings is 1. The van der Waals surface area contributed by atoms with Crippen molar-refractivity contribution >= 4 is 41.4 Å². The summed E-state index contributed by atoms with van der Waals surface area (Å²) in [5, 5.41) is 2.60. The smallest absolute Gasteiger partial charge is 0.193 e. The van der Waals surface area contributed by atoms with Gasteiger partial charge in [0.05, 0.1) is 12.2 Å². The number of nitrogens with one attached hydrogen (secondary N) is 1. The molecule has 1 saturated heterocycles. The molecule has 0 amide bonds. The Kier molecular flexibility index (Phi) is 7.72. The van der Waals surface area contributed by atoms with E-state index >= 15 is 0 Å². The van der Waals surface area contributed by atoms with Crippen LogP contribution in [0, 0.1) is 11.6 Å². The van der Waals surface area contributed by atoms with Crippen molar-refractivity contribution in [1.29, 1.82) is 0 Å². The normalized spacial score (nSPS) is 15.4. The van der Waals surface area contributed by atoms with Crippen molar-refractivity contribution in [3.63, 3.8) is 0 Å². The molecule has 2 heterocycles.